The number of halogens is 1. The molecule has 1 amide bonds. The summed E-state index contributed by atoms with van der Waals surface area (Å²) in [7, 11) is 0. The molecule has 0 radical (unpaired) electrons. The van der Waals surface area contributed by atoms with Crippen LogP contribution in [0, 0.1) is 0 Å². The monoisotopic (exact) mass is 366 g/mol. The Morgan fingerprint density at radius 2 is 2.19 bits per heavy atom. The van der Waals surface area contributed by atoms with Gasteiger partial charge in [-0.1, -0.05) is 0 Å². The zero-order valence-corrected chi connectivity index (χ0v) is 13.1. The lowest BCUT2D eigenvalue weighted by Gasteiger charge is -2.04. The van der Waals surface area contributed by atoms with Crippen LogP contribution in [0.3, 0.4) is 0 Å². The average molecular weight is 367 g/mol. The Labute approximate surface area is 133 Å². The lowest BCUT2D eigenvalue weighted by Crippen LogP contribution is -2.22. The van der Waals surface area contributed by atoms with Gasteiger partial charge in [-0.05, 0) is 39.7 Å². The fraction of sp³-hybridized carbons (Fsp3) is 0.0714. The summed E-state index contributed by atoms with van der Waals surface area (Å²) in [5.41, 5.74) is 0.946. The van der Waals surface area contributed by atoms with Gasteiger partial charge in [-0.3, -0.25) is 9.78 Å². The first kappa shape index (κ1) is 15.4. The third-order valence-electron chi connectivity index (χ3n) is 2.48. The molecule has 0 saturated heterocycles. The number of amides is 1. The molecule has 0 aliphatic heterocycles. The minimum atomic E-state index is -1.05. The first-order chi connectivity index (χ1) is 10.0. The number of hydrogen-bond donors (Lipinski definition) is 2. The highest BCUT2D eigenvalue weighted by Gasteiger charge is 2.07. The third kappa shape index (κ3) is 4.80. The first-order valence-electron chi connectivity index (χ1n) is 5.92. The van der Waals surface area contributed by atoms with Crippen LogP contribution in [-0.2, 0) is 11.3 Å². The van der Waals surface area contributed by atoms with Crippen LogP contribution in [0.1, 0.15) is 20.8 Å². The van der Waals surface area contributed by atoms with E-state index in [0.717, 1.165) is 15.4 Å². The van der Waals surface area contributed by atoms with Gasteiger partial charge in [-0.25, -0.2) is 4.79 Å². The lowest BCUT2D eigenvalue weighted by atomic mass is 10.2. The van der Waals surface area contributed by atoms with E-state index >= 15 is 0 Å². The van der Waals surface area contributed by atoms with E-state index in [1.54, 1.807) is 17.4 Å². The molecule has 0 unspecified atom stereocenters. The van der Waals surface area contributed by atoms with Gasteiger partial charge in [0.25, 0.3) is 5.91 Å². The molecule has 5 nitrogen and oxygen atoms in total. The molecule has 2 rings (SSSR count). The molecular formula is C14H11BrN2O3S. The second-order valence-electron chi connectivity index (χ2n) is 4.09. The van der Waals surface area contributed by atoms with Gasteiger partial charge < -0.3 is 10.4 Å². The summed E-state index contributed by atoms with van der Waals surface area (Å²) in [6, 6.07) is 3.53. The molecule has 7 heteroatoms. The first-order valence-corrected chi connectivity index (χ1v) is 7.59. The van der Waals surface area contributed by atoms with E-state index in [4.69, 9.17) is 5.11 Å². The minimum absolute atomic E-state index is 0.252. The quantitative estimate of drug-likeness (QED) is 0.797. The van der Waals surface area contributed by atoms with Crippen LogP contribution in [0.25, 0.3) is 6.08 Å². The molecule has 2 aromatic rings. The maximum absolute atomic E-state index is 12.0. The number of carbonyl (C=O) groups excluding carboxylic acids is 1. The highest BCUT2D eigenvalue weighted by Crippen LogP contribution is 2.19. The Morgan fingerprint density at radius 1 is 1.38 bits per heavy atom. The number of carboxylic acids is 1. The summed E-state index contributed by atoms with van der Waals surface area (Å²) < 4.78 is 0.985. The number of rotatable bonds is 5. The van der Waals surface area contributed by atoms with Crippen molar-refractivity contribution in [2.45, 2.75) is 6.54 Å². The summed E-state index contributed by atoms with van der Waals surface area (Å²) in [4.78, 5) is 27.4. The second-order valence-corrected chi connectivity index (χ2v) is 6.00. The molecule has 2 aromatic heterocycles. The number of hydrogen-bond acceptors (Lipinski definition) is 4. The molecule has 0 atom stereocenters. The average Bonchev–Trinajstić information content (AvgIpc) is 2.88. The van der Waals surface area contributed by atoms with Gasteiger partial charge in [0.2, 0.25) is 0 Å². The maximum Gasteiger partial charge on any atom is 0.328 e. The smallest absolute Gasteiger partial charge is 0.328 e. The van der Waals surface area contributed by atoms with Crippen LogP contribution in [0.5, 0.6) is 0 Å². The zero-order chi connectivity index (χ0) is 15.2. The Bertz CT molecular complexity index is 697. The topological polar surface area (TPSA) is 79.3 Å². The van der Waals surface area contributed by atoms with Gasteiger partial charge in [0.1, 0.15) is 0 Å². The molecule has 0 fully saturated rings. The van der Waals surface area contributed by atoms with Crippen LogP contribution in [0.4, 0.5) is 0 Å². The summed E-state index contributed by atoms with van der Waals surface area (Å²) in [5, 5.41) is 13.3. The van der Waals surface area contributed by atoms with Crippen molar-refractivity contribution in [3.63, 3.8) is 0 Å². The second kappa shape index (κ2) is 7.14. The SMILES string of the molecule is O=C(O)C=Cc1cncc(C(=O)NCc2cc(Br)cs2)c1. The number of carboxylic acid groups (broad SMARTS) is 1. The molecule has 0 aliphatic carbocycles. The molecule has 2 N–H and O–H groups in total. The van der Waals surface area contributed by atoms with Crippen molar-refractivity contribution in [2.24, 2.45) is 0 Å². The standard InChI is InChI=1S/C14H11BrN2O3S/c15-11-4-12(21-8-11)7-17-14(20)10-3-9(5-16-6-10)1-2-13(18)19/h1-6,8H,7H2,(H,17,20)(H,18,19). The van der Waals surface area contributed by atoms with Crippen LogP contribution < -0.4 is 5.32 Å². The van der Waals surface area contributed by atoms with E-state index in [2.05, 4.69) is 26.2 Å². The number of aromatic nitrogens is 1. The molecule has 0 spiro atoms. The molecule has 2 heterocycles. The molecule has 0 saturated carbocycles. The van der Waals surface area contributed by atoms with Crippen LogP contribution in [0.2, 0.25) is 0 Å². The van der Waals surface area contributed by atoms with Crippen LogP contribution >= 0.6 is 27.3 Å². The molecular weight excluding hydrogens is 356 g/mol. The largest absolute Gasteiger partial charge is 0.478 e. The van der Waals surface area contributed by atoms with Gasteiger partial charge in [0.15, 0.2) is 0 Å². The third-order valence-corrected chi connectivity index (χ3v) is 4.18. The number of pyridine rings is 1. The van der Waals surface area contributed by atoms with Gasteiger partial charge in [0, 0.05) is 33.2 Å². The Balaban J connectivity index is 2.02. The number of thiophene rings is 1. The van der Waals surface area contributed by atoms with Crippen molar-refractivity contribution in [1.82, 2.24) is 10.3 Å². The van der Waals surface area contributed by atoms with Gasteiger partial charge in [-0.15, -0.1) is 11.3 Å². The van der Waals surface area contributed by atoms with Gasteiger partial charge >= 0.3 is 5.97 Å². The highest BCUT2D eigenvalue weighted by atomic mass is 79.9. The predicted molar refractivity (Wildman–Crippen MR) is 84.1 cm³/mol. The van der Waals surface area contributed by atoms with Crippen molar-refractivity contribution >= 4 is 45.2 Å². The minimum Gasteiger partial charge on any atom is -0.478 e. The summed E-state index contributed by atoms with van der Waals surface area (Å²) >= 11 is 4.90. The number of nitrogens with zero attached hydrogens (tertiary/aromatic N) is 1. The summed E-state index contributed by atoms with van der Waals surface area (Å²) in [6.07, 6.45) is 5.33. The lowest BCUT2D eigenvalue weighted by molar-refractivity contribution is -0.131. The highest BCUT2D eigenvalue weighted by molar-refractivity contribution is 9.10. The van der Waals surface area contributed by atoms with E-state index in [0.29, 0.717) is 17.7 Å². The van der Waals surface area contributed by atoms with E-state index in [-0.39, 0.29) is 5.91 Å². The Hall–Kier alpha value is -1.99. The van der Waals surface area contributed by atoms with Crippen molar-refractivity contribution in [2.75, 3.05) is 0 Å². The normalized spacial score (nSPS) is 10.7. The zero-order valence-electron chi connectivity index (χ0n) is 10.7. The summed E-state index contributed by atoms with van der Waals surface area (Å²) in [6.45, 7) is 0.435. The van der Waals surface area contributed by atoms with Crippen molar-refractivity contribution in [1.29, 1.82) is 0 Å². The van der Waals surface area contributed by atoms with Gasteiger partial charge in [-0.2, -0.15) is 0 Å². The molecule has 0 aromatic carbocycles. The Kier molecular flexibility index (Phi) is 5.24. The number of nitrogens with one attached hydrogen (secondary N) is 1. The van der Waals surface area contributed by atoms with Crippen molar-refractivity contribution in [3.8, 4) is 0 Å². The van der Waals surface area contributed by atoms with Crippen molar-refractivity contribution in [3.05, 3.63) is 56.5 Å². The van der Waals surface area contributed by atoms with Crippen molar-refractivity contribution < 1.29 is 14.7 Å². The molecule has 108 valence electrons. The fourth-order valence-corrected chi connectivity index (χ4v) is 2.95. The van der Waals surface area contributed by atoms with E-state index in [1.165, 1.54) is 18.5 Å². The predicted octanol–water partition coefficient (Wildman–Crippen LogP) is 2.93. The molecule has 21 heavy (non-hydrogen) atoms. The Morgan fingerprint density at radius 3 is 2.86 bits per heavy atom. The summed E-state index contributed by atoms with van der Waals surface area (Å²) in [5.74, 6) is -1.30. The van der Waals surface area contributed by atoms with E-state index in [1.807, 2.05) is 11.4 Å². The van der Waals surface area contributed by atoms with Gasteiger partial charge in [0.05, 0.1) is 12.1 Å². The fourth-order valence-electron chi connectivity index (χ4n) is 1.56. The number of aliphatic carboxylic acids is 1. The van der Waals surface area contributed by atoms with E-state index in [9.17, 15) is 9.59 Å². The van der Waals surface area contributed by atoms with E-state index < -0.39 is 5.97 Å². The van der Waals surface area contributed by atoms with Crippen LogP contribution in [0.15, 0.2) is 40.5 Å². The molecule has 0 aliphatic rings. The van der Waals surface area contributed by atoms with Crippen LogP contribution in [-0.4, -0.2) is 22.0 Å². The number of carbonyl (C=O) groups is 2. The maximum atomic E-state index is 12.0. The molecule has 0 bridgehead atoms.